The Morgan fingerprint density at radius 3 is 2.19 bits per heavy atom. The molecule has 1 aliphatic heterocycles. The summed E-state index contributed by atoms with van der Waals surface area (Å²) in [5, 5.41) is 5.59. The Bertz CT molecular complexity index is 1540. The summed E-state index contributed by atoms with van der Waals surface area (Å²) in [7, 11) is 0. The fourth-order valence-corrected chi connectivity index (χ4v) is 4.99. The molecule has 0 saturated carbocycles. The van der Waals surface area contributed by atoms with E-state index in [9.17, 15) is 4.79 Å². The van der Waals surface area contributed by atoms with E-state index in [1.54, 1.807) is 0 Å². The Labute approximate surface area is 220 Å². The Morgan fingerprint density at radius 1 is 0.757 bits per heavy atom. The summed E-state index contributed by atoms with van der Waals surface area (Å²) in [6, 6.07) is 31.9. The van der Waals surface area contributed by atoms with Crippen molar-refractivity contribution in [3.05, 3.63) is 108 Å². The van der Waals surface area contributed by atoms with Crippen LogP contribution in [0.3, 0.4) is 0 Å². The number of carbonyl (C=O) groups is 1. The van der Waals surface area contributed by atoms with E-state index in [0.29, 0.717) is 24.5 Å². The highest BCUT2D eigenvalue weighted by atomic mass is 35.5. The average Bonchev–Trinajstić information content (AvgIpc) is 3.38. The summed E-state index contributed by atoms with van der Waals surface area (Å²) < 4.78 is 1.91. The van der Waals surface area contributed by atoms with Gasteiger partial charge in [-0.05, 0) is 17.7 Å². The van der Waals surface area contributed by atoms with Crippen LogP contribution in [0, 0.1) is 0 Å². The van der Waals surface area contributed by atoms with Crippen molar-refractivity contribution < 1.29 is 4.79 Å². The van der Waals surface area contributed by atoms with E-state index in [1.165, 1.54) is 0 Å². The molecule has 0 N–H and O–H groups in total. The van der Waals surface area contributed by atoms with E-state index >= 15 is 0 Å². The molecule has 6 nitrogen and oxygen atoms in total. The number of hydrogen-bond donors (Lipinski definition) is 0. The number of nitrogens with zero attached hydrogens (tertiary/aromatic N) is 5. The molecular weight excluding hydrogens is 482 g/mol. The molecular formula is C30H26ClN5O. The van der Waals surface area contributed by atoms with Crippen LogP contribution in [-0.4, -0.2) is 51.6 Å². The molecule has 0 aliphatic carbocycles. The van der Waals surface area contributed by atoms with Crippen molar-refractivity contribution in [2.24, 2.45) is 0 Å². The molecule has 0 radical (unpaired) electrons. The number of piperazine rings is 1. The number of carbonyl (C=O) groups excluding carboxylic acids is 1. The predicted octanol–water partition coefficient (Wildman–Crippen LogP) is 5.61. The van der Waals surface area contributed by atoms with Gasteiger partial charge in [-0.1, -0.05) is 84.4 Å². The van der Waals surface area contributed by atoms with Crippen LogP contribution in [-0.2, 0) is 11.2 Å². The highest BCUT2D eigenvalue weighted by Crippen LogP contribution is 2.29. The number of benzene rings is 3. The largest absolute Gasteiger partial charge is 0.353 e. The fourth-order valence-electron chi connectivity index (χ4n) is 4.80. The summed E-state index contributed by atoms with van der Waals surface area (Å²) in [6.07, 6.45) is 0.431. The summed E-state index contributed by atoms with van der Waals surface area (Å²) in [5.74, 6) is 1.13. The zero-order valence-corrected chi connectivity index (χ0v) is 21.1. The van der Waals surface area contributed by atoms with Gasteiger partial charge in [-0.3, -0.25) is 4.79 Å². The molecule has 2 aromatic heterocycles. The van der Waals surface area contributed by atoms with Crippen molar-refractivity contribution in [2.45, 2.75) is 6.42 Å². The van der Waals surface area contributed by atoms with Gasteiger partial charge in [0.15, 0.2) is 5.65 Å². The lowest BCUT2D eigenvalue weighted by molar-refractivity contribution is -0.130. The van der Waals surface area contributed by atoms with Gasteiger partial charge in [-0.15, -0.1) is 0 Å². The number of anilines is 1. The third-order valence-electron chi connectivity index (χ3n) is 6.75. The maximum atomic E-state index is 12.9. The minimum atomic E-state index is 0.165. The number of hydrogen-bond acceptors (Lipinski definition) is 4. The summed E-state index contributed by atoms with van der Waals surface area (Å²) in [5.41, 5.74) is 5.52. The first kappa shape index (κ1) is 23.3. The van der Waals surface area contributed by atoms with Crippen molar-refractivity contribution in [1.82, 2.24) is 19.5 Å². The zero-order valence-electron chi connectivity index (χ0n) is 20.3. The normalized spacial score (nSPS) is 13.8. The van der Waals surface area contributed by atoms with Gasteiger partial charge in [0.05, 0.1) is 17.8 Å². The van der Waals surface area contributed by atoms with Crippen LogP contribution in [0.15, 0.2) is 97.1 Å². The van der Waals surface area contributed by atoms with Gasteiger partial charge in [0.2, 0.25) is 5.91 Å². The van der Waals surface area contributed by atoms with Gasteiger partial charge < -0.3 is 9.80 Å². The van der Waals surface area contributed by atoms with Gasteiger partial charge >= 0.3 is 0 Å². The number of rotatable bonds is 5. The van der Waals surface area contributed by atoms with Crippen LogP contribution < -0.4 is 4.90 Å². The molecule has 1 fully saturated rings. The molecule has 1 amide bonds. The van der Waals surface area contributed by atoms with Crippen LogP contribution in [0.5, 0.6) is 0 Å². The van der Waals surface area contributed by atoms with Gasteiger partial charge in [0.25, 0.3) is 0 Å². The standard InChI is InChI=1S/C30H26ClN5O/c31-25-13-7-12-24(19-25)27-20-28-32-26(23-10-5-2-6-11-23)21-29(36(28)33-27)34-14-16-35(17-15-34)30(37)18-22-8-3-1-4-9-22/h1-13,19-21H,14-18H2. The molecule has 6 rings (SSSR count). The highest BCUT2D eigenvalue weighted by Gasteiger charge is 2.24. The van der Waals surface area contributed by atoms with E-state index in [2.05, 4.69) is 23.1 Å². The van der Waals surface area contributed by atoms with Gasteiger partial charge in [0.1, 0.15) is 5.82 Å². The van der Waals surface area contributed by atoms with E-state index in [1.807, 2.05) is 88.3 Å². The Balaban J connectivity index is 1.31. The molecule has 37 heavy (non-hydrogen) atoms. The van der Waals surface area contributed by atoms with Crippen molar-refractivity contribution in [3.63, 3.8) is 0 Å². The number of aromatic nitrogens is 3. The maximum absolute atomic E-state index is 12.9. The topological polar surface area (TPSA) is 53.7 Å². The lowest BCUT2D eigenvalue weighted by Crippen LogP contribution is -2.49. The van der Waals surface area contributed by atoms with Gasteiger partial charge in [-0.25, -0.2) is 4.98 Å². The lowest BCUT2D eigenvalue weighted by Gasteiger charge is -2.36. The van der Waals surface area contributed by atoms with Crippen molar-refractivity contribution in [2.75, 3.05) is 31.1 Å². The van der Waals surface area contributed by atoms with E-state index in [4.69, 9.17) is 21.7 Å². The zero-order chi connectivity index (χ0) is 25.2. The second-order valence-electron chi connectivity index (χ2n) is 9.21. The quantitative estimate of drug-likeness (QED) is 0.310. The van der Waals surface area contributed by atoms with Gasteiger partial charge in [0, 0.05) is 54.5 Å². The first-order chi connectivity index (χ1) is 18.1. The van der Waals surface area contributed by atoms with Gasteiger partial charge in [-0.2, -0.15) is 9.61 Å². The Hall–Kier alpha value is -4.16. The minimum absolute atomic E-state index is 0.165. The molecule has 0 bridgehead atoms. The predicted molar refractivity (Wildman–Crippen MR) is 148 cm³/mol. The van der Waals surface area contributed by atoms with Crippen LogP contribution in [0.25, 0.3) is 28.2 Å². The second kappa shape index (κ2) is 10.1. The summed E-state index contributed by atoms with van der Waals surface area (Å²) >= 11 is 6.25. The minimum Gasteiger partial charge on any atom is -0.353 e. The van der Waals surface area contributed by atoms with Crippen molar-refractivity contribution in [1.29, 1.82) is 0 Å². The second-order valence-corrected chi connectivity index (χ2v) is 9.64. The SMILES string of the molecule is O=C(Cc1ccccc1)N1CCN(c2cc(-c3ccccc3)nc3cc(-c4cccc(Cl)c4)nn23)CC1. The molecule has 0 atom stereocenters. The molecule has 0 spiro atoms. The Morgan fingerprint density at radius 2 is 1.46 bits per heavy atom. The van der Waals surface area contributed by atoms with Crippen LogP contribution in [0.1, 0.15) is 5.56 Å². The summed E-state index contributed by atoms with van der Waals surface area (Å²) in [6.45, 7) is 2.78. The fraction of sp³-hybridized carbons (Fsp3) is 0.167. The molecule has 5 aromatic rings. The van der Waals surface area contributed by atoms with Crippen LogP contribution in [0.4, 0.5) is 5.82 Å². The number of amides is 1. The Kier molecular flexibility index (Phi) is 6.33. The summed E-state index contributed by atoms with van der Waals surface area (Å²) in [4.78, 5) is 22.1. The van der Waals surface area contributed by atoms with E-state index in [-0.39, 0.29) is 5.91 Å². The number of halogens is 1. The monoisotopic (exact) mass is 507 g/mol. The molecule has 3 aromatic carbocycles. The van der Waals surface area contributed by atoms with E-state index in [0.717, 1.165) is 52.6 Å². The first-order valence-corrected chi connectivity index (χ1v) is 12.8. The lowest BCUT2D eigenvalue weighted by atomic mass is 10.1. The van der Waals surface area contributed by atoms with Crippen LogP contribution in [0.2, 0.25) is 5.02 Å². The first-order valence-electron chi connectivity index (χ1n) is 12.4. The highest BCUT2D eigenvalue weighted by molar-refractivity contribution is 6.30. The van der Waals surface area contributed by atoms with Crippen LogP contribution >= 0.6 is 11.6 Å². The molecule has 1 aliphatic rings. The average molecular weight is 508 g/mol. The molecule has 184 valence electrons. The molecule has 7 heteroatoms. The molecule has 3 heterocycles. The maximum Gasteiger partial charge on any atom is 0.227 e. The third kappa shape index (κ3) is 4.93. The van der Waals surface area contributed by atoms with Crippen molar-refractivity contribution in [3.8, 4) is 22.5 Å². The molecule has 0 unspecified atom stereocenters. The molecule has 1 saturated heterocycles. The van der Waals surface area contributed by atoms with E-state index < -0.39 is 0 Å². The number of fused-ring (bicyclic) bond motifs is 1. The third-order valence-corrected chi connectivity index (χ3v) is 6.99. The van der Waals surface area contributed by atoms with Crippen molar-refractivity contribution >= 4 is 29.0 Å². The smallest absolute Gasteiger partial charge is 0.227 e.